The van der Waals surface area contributed by atoms with E-state index in [-0.39, 0.29) is 25.5 Å². The van der Waals surface area contributed by atoms with Crippen LogP contribution in [0.25, 0.3) is 0 Å². The number of aryl methyl sites for hydroxylation is 2. The molecular weight excluding hydrogens is 608 g/mol. The third-order valence-corrected chi connectivity index (χ3v) is 6.48. The van der Waals surface area contributed by atoms with Gasteiger partial charge >= 0.3 is 5.97 Å². The molecule has 2 aromatic rings. The number of hydrogen-bond donors (Lipinski definition) is 5. The van der Waals surface area contributed by atoms with Crippen molar-refractivity contribution in [3.8, 4) is 0 Å². The number of nitrogens with zero attached hydrogens (tertiary/aromatic N) is 1. The predicted octanol–water partition coefficient (Wildman–Crippen LogP) is 4.64. The smallest absolute Gasteiger partial charge is 0.335 e. The molecule has 0 aliphatic heterocycles. The first-order valence-corrected chi connectivity index (χ1v) is 13.2. The lowest BCUT2D eigenvalue weighted by molar-refractivity contribution is 0.0696. The van der Waals surface area contributed by atoms with E-state index in [2.05, 4.69) is 37.2 Å². The molecule has 0 bridgehead atoms. The third-order valence-electron chi connectivity index (χ3n) is 4.70. The Hall–Kier alpha value is -1.82. The topological polar surface area (TPSA) is 130 Å². The summed E-state index contributed by atoms with van der Waals surface area (Å²) in [6, 6.07) is 10.4. The maximum Gasteiger partial charge on any atom is 0.335 e. The van der Waals surface area contributed by atoms with Crippen molar-refractivity contribution in [3.05, 3.63) is 67.6 Å². The van der Waals surface area contributed by atoms with Crippen molar-refractivity contribution in [3.63, 3.8) is 0 Å². The predicted molar refractivity (Wildman–Crippen MR) is 156 cm³/mol. The molecule has 0 fully saturated rings. The maximum absolute atomic E-state index is 11.8. The first-order chi connectivity index (χ1) is 18.2. The molecule has 0 spiro atoms. The van der Waals surface area contributed by atoms with Crippen LogP contribution < -0.4 is 5.32 Å². The Labute approximate surface area is 240 Å². The summed E-state index contributed by atoms with van der Waals surface area (Å²) in [5.41, 5.74) is 2.93. The summed E-state index contributed by atoms with van der Waals surface area (Å²) in [5.74, 6) is -0.958. The number of likely N-dealkylation sites (N-methyl/N-ethyl adjacent to an activating group) is 2. The number of rotatable bonds is 8. The highest BCUT2D eigenvalue weighted by Gasteiger charge is 2.11. The van der Waals surface area contributed by atoms with Gasteiger partial charge < -0.3 is 30.6 Å². The van der Waals surface area contributed by atoms with Crippen molar-refractivity contribution in [2.24, 2.45) is 0 Å². The molecule has 0 aliphatic rings. The van der Waals surface area contributed by atoms with Gasteiger partial charge in [-0.3, -0.25) is 4.79 Å². The van der Waals surface area contributed by atoms with Gasteiger partial charge in [0.05, 0.1) is 24.9 Å². The number of carbonyl (C=O) groups excluding carboxylic acids is 1. The van der Waals surface area contributed by atoms with Gasteiger partial charge in [-0.1, -0.05) is 45.7 Å². The Kier molecular flexibility index (Phi) is 19.9. The second-order valence-corrected chi connectivity index (χ2v) is 9.52. The van der Waals surface area contributed by atoms with Crippen LogP contribution in [0.2, 0.25) is 0 Å². The number of carboxylic acids is 1. The second-order valence-electron chi connectivity index (χ2n) is 7.81. The maximum atomic E-state index is 11.8. The van der Waals surface area contributed by atoms with E-state index in [0.717, 1.165) is 20.1 Å². The van der Waals surface area contributed by atoms with Crippen molar-refractivity contribution in [2.75, 3.05) is 40.4 Å². The van der Waals surface area contributed by atoms with Gasteiger partial charge in [-0.25, -0.2) is 4.79 Å². The number of halogens is 2. The molecule has 0 heterocycles. The molecule has 210 valence electrons. The number of benzene rings is 2. The Morgan fingerprint density at radius 3 is 1.89 bits per heavy atom. The van der Waals surface area contributed by atoms with Crippen molar-refractivity contribution < 1.29 is 32.8 Å². The molecule has 2 rings (SSSR count). The Balaban J connectivity index is 0. The lowest BCUT2D eigenvalue weighted by atomic mass is 10.1. The minimum Gasteiger partial charge on any atom is -0.478 e. The zero-order chi connectivity index (χ0) is 30.5. The lowest BCUT2D eigenvalue weighted by Gasteiger charge is -2.16. The van der Waals surface area contributed by atoms with Crippen LogP contribution in [-0.4, -0.2) is 83.7 Å². The van der Waals surface area contributed by atoms with E-state index in [1.54, 1.807) is 38.4 Å². The van der Waals surface area contributed by atoms with E-state index < -0.39 is 18.9 Å². The van der Waals surface area contributed by atoms with E-state index in [1.807, 2.05) is 32.9 Å². The number of nitrogens with one attached hydrogen (secondary N) is 1. The molecule has 2 atom stereocenters. The van der Waals surface area contributed by atoms with Gasteiger partial charge in [0, 0.05) is 37.4 Å². The number of aliphatic hydroxyl groups excluding tert-OH is 3. The van der Waals surface area contributed by atoms with Gasteiger partial charge in [-0.15, -0.1) is 0 Å². The van der Waals surface area contributed by atoms with Crippen LogP contribution >= 0.6 is 31.9 Å². The first kappa shape index (κ1) is 33.2. The van der Waals surface area contributed by atoms with Crippen molar-refractivity contribution in [2.45, 2.75) is 46.6 Å². The minimum atomic E-state index is -0.888. The number of aromatic carboxylic acids is 1. The number of carbonyl (C=O) groups is 2. The standard InChI is InChI=1S/C11H14BrNO2.C8H7BrO2.C5H12O.C3H9NO/c1-8-7-9(3-4-10(8)12)11(15)13(2)5-6-14;1-5-4-6(8(10)11)2-3-7(5)9;1-3-5(6)4-2;1-4-2-3-5/h3-4,7,14H,5-6H2,1-2H3;2-4H,1H3,(H,10,11);5-6H,3-4H2,1-2H3;4-5H,2-3H2,1H3/i;;1TD;. The van der Waals surface area contributed by atoms with Crippen molar-refractivity contribution >= 4 is 43.7 Å². The monoisotopic (exact) mass is 651 g/mol. The normalized spacial score (nSPS) is 12.1. The second kappa shape index (κ2) is 22.2. The fourth-order valence-electron chi connectivity index (χ4n) is 2.31. The number of amides is 1. The SMILES string of the molecule is CNCCO.Cc1cc(C(=O)N(C)CCO)ccc1Br.Cc1cc(C(=O)O)ccc1Br.[2H]C([3H])CC(O)CC. The summed E-state index contributed by atoms with van der Waals surface area (Å²) in [6.07, 6.45) is 0.472. The van der Waals surface area contributed by atoms with Crippen LogP contribution in [0, 0.1) is 13.8 Å². The number of hydrogen-bond acceptors (Lipinski definition) is 6. The van der Waals surface area contributed by atoms with Crippen LogP contribution in [0.5, 0.6) is 0 Å². The highest BCUT2D eigenvalue weighted by Crippen LogP contribution is 2.18. The van der Waals surface area contributed by atoms with Gasteiger partial charge in [-0.05, 0) is 81.3 Å². The summed E-state index contributed by atoms with van der Waals surface area (Å²) in [7, 11) is 3.48. The van der Waals surface area contributed by atoms with Crippen molar-refractivity contribution in [1.82, 2.24) is 10.2 Å². The molecule has 0 saturated heterocycles. The van der Waals surface area contributed by atoms with Crippen LogP contribution in [0.3, 0.4) is 0 Å². The fourth-order valence-corrected chi connectivity index (χ4v) is 2.80. The highest BCUT2D eigenvalue weighted by molar-refractivity contribution is 9.10. The van der Waals surface area contributed by atoms with Crippen LogP contribution in [0.15, 0.2) is 45.3 Å². The zero-order valence-corrected chi connectivity index (χ0v) is 25.3. The van der Waals surface area contributed by atoms with Crippen LogP contribution in [0.1, 0.15) is 61.2 Å². The minimum absolute atomic E-state index is 0.0161. The largest absolute Gasteiger partial charge is 0.478 e. The van der Waals surface area contributed by atoms with E-state index in [1.165, 1.54) is 4.90 Å². The molecule has 2 unspecified atom stereocenters. The van der Waals surface area contributed by atoms with Gasteiger partial charge in [-0.2, -0.15) is 0 Å². The summed E-state index contributed by atoms with van der Waals surface area (Å²) in [6.45, 7) is 6.03. The molecule has 0 aliphatic carbocycles. The molecule has 5 N–H and O–H groups in total. The average molecular weight is 653 g/mol. The molecule has 0 radical (unpaired) electrons. The van der Waals surface area contributed by atoms with Gasteiger partial charge in [0.1, 0.15) is 0 Å². The molecule has 0 saturated carbocycles. The fraction of sp³-hybridized carbons (Fsp3) is 0.481. The van der Waals surface area contributed by atoms with Gasteiger partial charge in [0.15, 0.2) is 0 Å². The molecule has 10 heteroatoms. The Morgan fingerprint density at radius 2 is 1.57 bits per heavy atom. The first-order valence-electron chi connectivity index (χ1n) is 12.8. The average Bonchev–Trinajstić information content (AvgIpc) is 2.88. The summed E-state index contributed by atoms with van der Waals surface area (Å²) >= 11 is 6.67. The van der Waals surface area contributed by atoms with E-state index in [0.29, 0.717) is 30.6 Å². The molecule has 37 heavy (non-hydrogen) atoms. The summed E-state index contributed by atoms with van der Waals surface area (Å²) in [5, 5.41) is 36.9. The highest BCUT2D eigenvalue weighted by atomic mass is 79.9. The van der Waals surface area contributed by atoms with Crippen LogP contribution in [0.4, 0.5) is 0 Å². The molecule has 2 aromatic carbocycles. The molecule has 0 aromatic heterocycles. The van der Waals surface area contributed by atoms with Crippen molar-refractivity contribution in [1.29, 1.82) is 0 Å². The molecule has 8 nitrogen and oxygen atoms in total. The molecular formula is C27H42Br2N2O6. The Morgan fingerprint density at radius 1 is 1.05 bits per heavy atom. The lowest BCUT2D eigenvalue weighted by Crippen LogP contribution is -2.29. The molecule has 1 amide bonds. The van der Waals surface area contributed by atoms with E-state index in [9.17, 15) is 9.59 Å². The summed E-state index contributed by atoms with van der Waals surface area (Å²) < 4.78 is 15.4. The van der Waals surface area contributed by atoms with Gasteiger partial charge in [0.2, 0.25) is 0 Å². The van der Waals surface area contributed by atoms with E-state index in [4.69, 9.17) is 23.2 Å². The van der Waals surface area contributed by atoms with Gasteiger partial charge in [0.25, 0.3) is 5.91 Å². The Bertz CT molecular complexity index is 981. The summed E-state index contributed by atoms with van der Waals surface area (Å²) in [4.78, 5) is 23.7. The van der Waals surface area contributed by atoms with E-state index >= 15 is 0 Å². The number of aliphatic hydroxyl groups is 3. The quantitative estimate of drug-likeness (QED) is 0.281. The number of carboxylic acid groups (broad SMARTS) is 1. The third kappa shape index (κ3) is 17.3. The van der Waals surface area contributed by atoms with Crippen LogP contribution in [-0.2, 0) is 0 Å². The zero-order valence-electron chi connectivity index (χ0n) is 24.2.